The van der Waals surface area contributed by atoms with Gasteiger partial charge in [-0.2, -0.15) is 9.57 Å². The van der Waals surface area contributed by atoms with E-state index in [4.69, 9.17) is 15.1 Å². The summed E-state index contributed by atoms with van der Waals surface area (Å²) in [6, 6.07) is 1.70. The van der Waals surface area contributed by atoms with Crippen LogP contribution in [0, 0.1) is 11.3 Å². The molecule has 1 saturated heterocycles. The summed E-state index contributed by atoms with van der Waals surface area (Å²) in [5, 5.41) is 16.4. The third-order valence-electron chi connectivity index (χ3n) is 2.29. The van der Waals surface area contributed by atoms with Gasteiger partial charge < -0.3 is 9.84 Å². The SMILES string of the molecule is CC(C#N)S(=O)(=O)N1CCOC(CO)C1. The van der Waals surface area contributed by atoms with Crippen LogP contribution in [0.15, 0.2) is 0 Å². The Morgan fingerprint density at radius 2 is 2.40 bits per heavy atom. The number of nitriles is 1. The van der Waals surface area contributed by atoms with Gasteiger partial charge in [-0.3, -0.25) is 0 Å². The number of sulfonamides is 1. The second kappa shape index (κ2) is 4.90. The van der Waals surface area contributed by atoms with E-state index in [-0.39, 0.29) is 26.3 Å². The minimum atomic E-state index is -3.57. The summed E-state index contributed by atoms with van der Waals surface area (Å²) in [6.45, 7) is 1.74. The summed E-state index contributed by atoms with van der Waals surface area (Å²) in [4.78, 5) is 0. The molecule has 0 amide bonds. The van der Waals surface area contributed by atoms with Crippen LogP contribution in [0.3, 0.4) is 0 Å². The van der Waals surface area contributed by atoms with Gasteiger partial charge in [-0.1, -0.05) is 0 Å². The molecule has 0 bridgehead atoms. The van der Waals surface area contributed by atoms with Crippen LogP contribution >= 0.6 is 0 Å². The van der Waals surface area contributed by atoms with Crippen LogP contribution in [0.1, 0.15) is 6.92 Å². The molecule has 86 valence electrons. The fourth-order valence-corrected chi connectivity index (χ4v) is 2.61. The molecule has 0 aromatic carbocycles. The van der Waals surface area contributed by atoms with Crippen molar-refractivity contribution in [3.05, 3.63) is 0 Å². The molecule has 0 aliphatic carbocycles. The first-order chi connectivity index (χ1) is 7.02. The molecule has 1 aliphatic heterocycles. The minimum absolute atomic E-state index is 0.116. The van der Waals surface area contributed by atoms with Gasteiger partial charge >= 0.3 is 0 Å². The van der Waals surface area contributed by atoms with E-state index in [1.807, 2.05) is 0 Å². The number of hydrogen-bond acceptors (Lipinski definition) is 5. The molecule has 6 nitrogen and oxygen atoms in total. The highest BCUT2D eigenvalue weighted by Gasteiger charge is 2.33. The molecule has 0 saturated carbocycles. The van der Waals surface area contributed by atoms with Crippen molar-refractivity contribution in [2.24, 2.45) is 0 Å². The zero-order valence-corrected chi connectivity index (χ0v) is 9.27. The van der Waals surface area contributed by atoms with E-state index in [9.17, 15) is 8.42 Å². The minimum Gasteiger partial charge on any atom is -0.394 e. The first kappa shape index (κ1) is 12.4. The van der Waals surface area contributed by atoms with E-state index < -0.39 is 21.4 Å². The van der Waals surface area contributed by atoms with Crippen molar-refractivity contribution in [2.75, 3.05) is 26.3 Å². The highest BCUT2D eigenvalue weighted by molar-refractivity contribution is 7.89. The van der Waals surface area contributed by atoms with Crippen LogP contribution in [0.4, 0.5) is 0 Å². The number of morpholine rings is 1. The number of ether oxygens (including phenoxy) is 1. The van der Waals surface area contributed by atoms with E-state index in [0.717, 1.165) is 0 Å². The first-order valence-electron chi connectivity index (χ1n) is 4.63. The van der Waals surface area contributed by atoms with Crippen molar-refractivity contribution in [3.8, 4) is 6.07 Å². The number of hydrogen-bond donors (Lipinski definition) is 1. The zero-order valence-electron chi connectivity index (χ0n) is 8.46. The number of aliphatic hydroxyl groups is 1. The second-order valence-electron chi connectivity index (χ2n) is 3.35. The molecule has 0 aromatic heterocycles. The second-order valence-corrected chi connectivity index (χ2v) is 5.60. The molecular weight excluding hydrogens is 220 g/mol. The molecule has 1 heterocycles. The van der Waals surface area contributed by atoms with Gasteiger partial charge in [0.1, 0.15) is 0 Å². The van der Waals surface area contributed by atoms with Crippen LogP contribution in [0.25, 0.3) is 0 Å². The predicted molar refractivity (Wildman–Crippen MR) is 52.4 cm³/mol. The Morgan fingerprint density at radius 1 is 1.73 bits per heavy atom. The third-order valence-corrected chi connectivity index (χ3v) is 4.34. The molecule has 0 radical (unpaired) electrons. The smallest absolute Gasteiger partial charge is 0.230 e. The van der Waals surface area contributed by atoms with Crippen molar-refractivity contribution in [1.29, 1.82) is 5.26 Å². The van der Waals surface area contributed by atoms with Gasteiger partial charge in [0, 0.05) is 13.1 Å². The largest absolute Gasteiger partial charge is 0.394 e. The van der Waals surface area contributed by atoms with Gasteiger partial charge in [-0.05, 0) is 6.92 Å². The molecule has 0 aromatic rings. The lowest BCUT2D eigenvalue weighted by Gasteiger charge is -2.31. The number of rotatable bonds is 3. The Hall–Kier alpha value is -0.680. The highest BCUT2D eigenvalue weighted by atomic mass is 32.2. The summed E-state index contributed by atoms with van der Waals surface area (Å²) in [5.74, 6) is 0. The molecule has 15 heavy (non-hydrogen) atoms. The number of aliphatic hydroxyl groups excluding tert-OH is 1. The van der Waals surface area contributed by atoms with Crippen LogP contribution in [0.5, 0.6) is 0 Å². The molecular formula is C8H14N2O4S. The molecule has 1 aliphatic rings. The topological polar surface area (TPSA) is 90.6 Å². The van der Waals surface area contributed by atoms with Gasteiger partial charge in [-0.15, -0.1) is 0 Å². The maximum absolute atomic E-state index is 11.7. The maximum atomic E-state index is 11.7. The van der Waals surface area contributed by atoms with Gasteiger partial charge in [0.25, 0.3) is 0 Å². The first-order valence-corrected chi connectivity index (χ1v) is 6.13. The van der Waals surface area contributed by atoms with E-state index in [2.05, 4.69) is 0 Å². The van der Waals surface area contributed by atoms with Crippen LogP contribution in [-0.2, 0) is 14.8 Å². The van der Waals surface area contributed by atoms with Crippen molar-refractivity contribution >= 4 is 10.0 Å². The molecule has 2 atom stereocenters. The zero-order chi connectivity index (χ0) is 11.5. The molecule has 1 fully saturated rings. The van der Waals surface area contributed by atoms with Crippen molar-refractivity contribution in [3.63, 3.8) is 0 Å². The van der Waals surface area contributed by atoms with Crippen molar-refractivity contribution in [2.45, 2.75) is 18.3 Å². The molecule has 0 spiro atoms. The Labute approximate surface area is 89.1 Å². The summed E-state index contributed by atoms with van der Waals surface area (Å²) >= 11 is 0. The van der Waals surface area contributed by atoms with E-state index >= 15 is 0 Å². The molecule has 2 unspecified atom stereocenters. The van der Waals surface area contributed by atoms with Crippen LogP contribution < -0.4 is 0 Å². The van der Waals surface area contributed by atoms with E-state index in [0.29, 0.717) is 0 Å². The maximum Gasteiger partial charge on any atom is 0.230 e. The Kier molecular flexibility index (Phi) is 4.04. The molecule has 1 rings (SSSR count). The monoisotopic (exact) mass is 234 g/mol. The summed E-state index contributed by atoms with van der Waals surface area (Å²) in [5.41, 5.74) is 0. The third kappa shape index (κ3) is 2.66. The van der Waals surface area contributed by atoms with Gasteiger partial charge in [-0.25, -0.2) is 8.42 Å². The lowest BCUT2D eigenvalue weighted by molar-refractivity contribution is -0.0305. The molecule has 7 heteroatoms. The molecule has 1 N–H and O–H groups in total. The normalized spacial score (nSPS) is 25.8. The van der Waals surface area contributed by atoms with Gasteiger partial charge in [0.05, 0.1) is 25.4 Å². The Bertz CT molecular complexity index is 348. The predicted octanol–water partition coefficient (Wildman–Crippen LogP) is -1.08. The lowest BCUT2D eigenvalue weighted by Crippen LogP contribution is -2.49. The fourth-order valence-electron chi connectivity index (χ4n) is 1.32. The fraction of sp³-hybridized carbons (Fsp3) is 0.875. The standard InChI is InChI=1S/C8H14N2O4S/c1-7(4-9)15(12,13)10-2-3-14-8(5-10)6-11/h7-8,11H,2-3,5-6H2,1H3. The van der Waals surface area contributed by atoms with Gasteiger partial charge in [0.15, 0.2) is 5.25 Å². The summed E-state index contributed by atoms with van der Waals surface area (Å²) in [6.07, 6.45) is -0.487. The summed E-state index contributed by atoms with van der Waals surface area (Å²) in [7, 11) is -3.57. The van der Waals surface area contributed by atoms with Crippen LogP contribution in [-0.4, -0.2) is 55.5 Å². The van der Waals surface area contributed by atoms with Crippen molar-refractivity contribution < 1.29 is 18.3 Å². The Balaban J connectivity index is 2.76. The average molecular weight is 234 g/mol. The summed E-state index contributed by atoms with van der Waals surface area (Å²) < 4.78 is 29.8. The Morgan fingerprint density at radius 3 is 2.93 bits per heavy atom. The quantitative estimate of drug-likeness (QED) is 0.671. The van der Waals surface area contributed by atoms with Crippen LogP contribution in [0.2, 0.25) is 0 Å². The van der Waals surface area contributed by atoms with E-state index in [1.54, 1.807) is 6.07 Å². The highest BCUT2D eigenvalue weighted by Crippen LogP contribution is 2.13. The van der Waals surface area contributed by atoms with E-state index in [1.165, 1.54) is 11.2 Å². The van der Waals surface area contributed by atoms with Crippen molar-refractivity contribution in [1.82, 2.24) is 4.31 Å². The number of nitrogens with zero attached hydrogens (tertiary/aromatic N) is 2. The lowest BCUT2D eigenvalue weighted by atomic mass is 10.3. The average Bonchev–Trinajstić information content (AvgIpc) is 2.27. The van der Waals surface area contributed by atoms with Gasteiger partial charge in [0.2, 0.25) is 10.0 Å².